The molecule has 0 aliphatic carbocycles. The van der Waals surface area contributed by atoms with Gasteiger partial charge < -0.3 is 15.2 Å². The lowest BCUT2D eigenvalue weighted by Gasteiger charge is -2.12. The molecule has 20 heavy (non-hydrogen) atoms. The Bertz CT molecular complexity index is 555. The van der Waals surface area contributed by atoms with Crippen molar-refractivity contribution in [3.63, 3.8) is 0 Å². The number of benzene rings is 2. The van der Waals surface area contributed by atoms with E-state index in [2.05, 4.69) is 5.32 Å². The van der Waals surface area contributed by atoms with Crippen LogP contribution in [0.25, 0.3) is 0 Å². The molecule has 2 rings (SSSR count). The number of aliphatic hydroxyl groups is 1. The van der Waals surface area contributed by atoms with Gasteiger partial charge in [-0.25, -0.2) is 4.39 Å². The summed E-state index contributed by atoms with van der Waals surface area (Å²) in [5, 5.41) is 12.1. The molecule has 2 aromatic rings. The number of aliphatic hydroxyl groups excluding tert-OH is 1. The van der Waals surface area contributed by atoms with Crippen molar-refractivity contribution in [1.82, 2.24) is 5.32 Å². The summed E-state index contributed by atoms with van der Waals surface area (Å²) in [6.07, 6.45) is 0. The maximum absolute atomic E-state index is 13.8. The highest BCUT2D eigenvalue weighted by atomic mass is 19.1. The average molecular weight is 275 g/mol. The topological polar surface area (TPSA) is 41.5 Å². The first kappa shape index (κ1) is 14.5. The van der Waals surface area contributed by atoms with Gasteiger partial charge in [0.15, 0.2) is 0 Å². The highest BCUT2D eigenvalue weighted by molar-refractivity contribution is 5.39. The molecular formula is C16H18FNO2. The second-order valence-corrected chi connectivity index (χ2v) is 4.40. The molecule has 0 unspecified atom stereocenters. The number of hydrogen-bond acceptors (Lipinski definition) is 3. The molecule has 0 atom stereocenters. The molecule has 3 nitrogen and oxygen atoms in total. The van der Waals surface area contributed by atoms with Crippen LogP contribution in [0.3, 0.4) is 0 Å². The Morgan fingerprint density at radius 2 is 1.90 bits per heavy atom. The van der Waals surface area contributed by atoms with Gasteiger partial charge in [0.05, 0.1) is 6.61 Å². The van der Waals surface area contributed by atoms with E-state index in [1.165, 1.54) is 6.07 Å². The van der Waals surface area contributed by atoms with E-state index in [9.17, 15) is 4.39 Å². The van der Waals surface area contributed by atoms with Gasteiger partial charge in [-0.15, -0.1) is 0 Å². The van der Waals surface area contributed by atoms with E-state index in [-0.39, 0.29) is 12.4 Å². The first-order valence-electron chi connectivity index (χ1n) is 6.60. The summed E-state index contributed by atoms with van der Waals surface area (Å²) in [4.78, 5) is 0. The fourth-order valence-corrected chi connectivity index (χ4v) is 1.85. The largest absolute Gasteiger partial charge is 0.457 e. The summed E-state index contributed by atoms with van der Waals surface area (Å²) in [5.41, 5.74) is 1.32. The molecule has 2 aromatic carbocycles. The molecule has 0 heterocycles. The zero-order valence-corrected chi connectivity index (χ0v) is 11.4. The Balaban J connectivity index is 2.20. The minimum absolute atomic E-state index is 0.00802. The lowest BCUT2D eigenvalue weighted by Crippen LogP contribution is -2.13. The smallest absolute Gasteiger partial charge is 0.134 e. The van der Waals surface area contributed by atoms with E-state index in [0.29, 0.717) is 23.6 Å². The third kappa shape index (κ3) is 3.56. The first-order chi connectivity index (χ1) is 9.74. The highest BCUT2D eigenvalue weighted by Gasteiger charge is 2.10. The van der Waals surface area contributed by atoms with E-state index in [1.54, 1.807) is 36.4 Å². The van der Waals surface area contributed by atoms with Crippen LogP contribution in [0.2, 0.25) is 0 Å². The molecule has 4 heteroatoms. The van der Waals surface area contributed by atoms with Crippen LogP contribution in [0.5, 0.6) is 11.5 Å². The third-order valence-electron chi connectivity index (χ3n) is 2.96. The minimum Gasteiger partial charge on any atom is -0.457 e. The van der Waals surface area contributed by atoms with Crippen LogP contribution in [0.15, 0.2) is 42.5 Å². The Kier molecular flexibility index (Phi) is 5.09. The molecule has 0 amide bonds. The Morgan fingerprint density at radius 3 is 2.55 bits per heavy atom. The summed E-state index contributed by atoms with van der Waals surface area (Å²) in [5.74, 6) is 0.837. The van der Waals surface area contributed by atoms with Crippen LogP contribution >= 0.6 is 0 Å². The van der Waals surface area contributed by atoms with Crippen molar-refractivity contribution in [3.8, 4) is 11.5 Å². The van der Waals surface area contributed by atoms with Crippen molar-refractivity contribution < 1.29 is 14.2 Å². The number of ether oxygens (including phenoxy) is 1. The van der Waals surface area contributed by atoms with Gasteiger partial charge in [0.1, 0.15) is 17.3 Å². The van der Waals surface area contributed by atoms with Gasteiger partial charge in [-0.05, 0) is 36.4 Å². The molecule has 0 bridgehead atoms. The molecule has 106 valence electrons. The first-order valence-corrected chi connectivity index (χ1v) is 6.60. The second kappa shape index (κ2) is 7.03. The van der Waals surface area contributed by atoms with Crippen molar-refractivity contribution in [2.45, 2.75) is 20.1 Å². The molecule has 0 spiro atoms. The van der Waals surface area contributed by atoms with Crippen LogP contribution in [0.1, 0.15) is 18.1 Å². The summed E-state index contributed by atoms with van der Waals surface area (Å²) in [7, 11) is 0. The Morgan fingerprint density at radius 1 is 1.15 bits per heavy atom. The van der Waals surface area contributed by atoms with Gasteiger partial charge >= 0.3 is 0 Å². The zero-order chi connectivity index (χ0) is 14.4. The predicted molar refractivity (Wildman–Crippen MR) is 76.2 cm³/mol. The third-order valence-corrected chi connectivity index (χ3v) is 2.96. The lowest BCUT2D eigenvalue weighted by molar-refractivity contribution is 0.281. The zero-order valence-electron chi connectivity index (χ0n) is 11.4. The Labute approximate surface area is 118 Å². The highest BCUT2D eigenvalue weighted by Crippen LogP contribution is 2.27. The molecule has 2 N–H and O–H groups in total. The minimum atomic E-state index is -0.282. The molecule has 0 saturated heterocycles. The van der Waals surface area contributed by atoms with Gasteiger partial charge in [0.2, 0.25) is 0 Å². The van der Waals surface area contributed by atoms with Crippen LogP contribution in [0.4, 0.5) is 4.39 Å². The van der Waals surface area contributed by atoms with Crippen molar-refractivity contribution >= 4 is 0 Å². The van der Waals surface area contributed by atoms with Crippen molar-refractivity contribution in [2.75, 3.05) is 6.54 Å². The van der Waals surface area contributed by atoms with Crippen LogP contribution in [0, 0.1) is 5.82 Å². The second-order valence-electron chi connectivity index (χ2n) is 4.40. The summed E-state index contributed by atoms with van der Waals surface area (Å²) < 4.78 is 19.6. The van der Waals surface area contributed by atoms with Crippen molar-refractivity contribution in [3.05, 3.63) is 59.4 Å². The van der Waals surface area contributed by atoms with Crippen molar-refractivity contribution in [1.29, 1.82) is 0 Å². The van der Waals surface area contributed by atoms with Crippen LogP contribution in [-0.4, -0.2) is 11.7 Å². The average Bonchev–Trinajstić information content (AvgIpc) is 2.47. The maximum atomic E-state index is 13.8. The number of rotatable bonds is 6. The van der Waals surface area contributed by atoms with Gasteiger partial charge in [0.25, 0.3) is 0 Å². The van der Waals surface area contributed by atoms with Gasteiger partial charge in [-0.2, -0.15) is 0 Å². The van der Waals surface area contributed by atoms with E-state index < -0.39 is 0 Å². The van der Waals surface area contributed by atoms with Crippen LogP contribution < -0.4 is 10.1 Å². The summed E-state index contributed by atoms with van der Waals surface area (Å²) in [6, 6.07) is 11.9. The SMILES string of the molecule is CCNCc1c(F)cccc1Oc1ccc(CO)cc1. The van der Waals surface area contributed by atoms with E-state index in [0.717, 1.165) is 12.1 Å². The number of nitrogens with one attached hydrogen (secondary N) is 1. The number of hydrogen-bond donors (Lipinski definition) is 2. The molecule has 0 aliphatic heterocycles. The standard InChI is InChI=1S/C16H18FNO2/c1-2-18-10-14-15(17)4-3-5-16(14)20-13-8-6-12(11-19)7-9-13/h3-9,18-19H,2,10-11H2,1H3. The van der Waals surface area contributed by atoms with E-state index in [1.807, 2.05) is 6.92 Å². The van der Waals surface area contributed by atoms with Gasteiger partial charge in [-0.1, -0.05) is 25.1 Å². The molecule has 0 aliphatic rings. The van der Waals surface area contributed by atoms with Crippen molar-refractivity contribution in [2.24, 2.45) is 0 Å². The fourth-order valence-electron chi connectivity index (χ4n) is 1.85. The lowest BCUT2D eigenvalue weighted by atomic mass is 10.2. The normalized spacial score (nSPS) is 10.6. The molecular weight excluding hydrogens is 257 g/mol. The monoisotopic (exact) mass is 275 g/mol. The summed E-state index contributed by atoms with van der Waals surface area (Å²) in [6.45, 7) is 3.15. The molecule has 0 fully saturated rings. The van der Waals surface area contributed by atoms with E-state index >= 15 is 0 Å². The molecule has 0 aromatic heterocycles. The Hall–Kier alpha value is -1.91. The van der Waals surface area contributed by atoms with Crippen LogP contribution in [-0.2, 0) is 13.2 Å². The molecule has 0 saturated carbocycles. The number of halogens is 1. The fraction of sp³-hybridized carbons (Fsp3) is 0.250. The predicted octanol–water partition coefficient (Wildman–Crippen LogP) is 3.22. The quantitative estimate of drug-likeness (QED) is 0.850. The summed E-state index contributed by atoms with van der Waals surface area (Å²) >= 11 is 0. The van der Waals surface area contributed by atoms with E-state index in [4.69, 9.17) is 9.84 Å². The van der Waals surface area contributed by atoms with Gasteiger partial charge in [-0.3, -0.25) is 0 Å². The molecule has 0 radical (unpaired) electrons. The van der Waals surface area contributed by atoms with Gasteiger partial charge in [0, 0.05) is 12.1 Å². The maximum Gasteiger partial charge on any atom is 0.134 e.